The van der Waals surface area contributed by atoms with Crippen molar-refractivity contribution in [3.8, 4) is 0 Å². The first kappa shape index (κ1) is 23.3. The summed E-state index contributed by atoms with van der Waals surface area (Å²) < 4.78 is 42.4. The topological polar surface area (TPSA) is 64.7 Å². The number of aromatic nitrogens is 4. The van der Waals surface area contributed by atoms with Crippen LogP contribution >= 0.6 is 0 Å². The smallest absolute Gasteiger partial charge is 0.305 e. The number of alkyl halides is 3. The van der Waals surface area contributed by atoms with Gasteiger partial charge in [0.05, 0.1) is 24.3 Å². The highest BCUT2D eigenvalue weighted by Crippen LogP contribution is 2.29. The lowest BCUT2D eigenvalue weighted by molar-refractivity contribution is -0.137. The number of rotatable bonds is 6. The van der Waals surface area contributed by atoms with Gasteiger partial charge >= 0.3 is 6.18 Å². The molecule has 2 aromatic carbocycles. The highest BCUT2D eigenvalue weighted by Gasteiger charge is 2.30. The summed E-state index contributed by atoms with van der Waals surface area (Å²) in [4.78, 5) is 12.8. The lowest BCUT2D eigenvalue weighted by atomic mass is 10.1. The summed E-state index contributed by atoms with van der Waals surface area (Å²) in [5.74, 6) is 0.0114. The van der Waals surface area contributed by atoms with Crippen LogP contribution in [0.5, 0.6) is 0 Å². The Bertz CT molecular complexity index is 1340. The van der Waals surface area contributed by atoms with Crippen LogP contribution in [0.2, 0.25) is 0 Å². The monoisotopic (exact) mass is 467 g/mol. The van der Waals surface area contributed by atoms with Crippen molar-refractivity contribution < 1.29 is 18.0 Å². The molecule has 0 aliphatic rings. The summed E-state index contributed by atoms with van der Waals surface area (Å²) in [7, 11) is 0. The molecule has 176 valence electrons. The number of halogens is 3. The fourth-order valence-electron chi connectivity index (χ4n) is 3.76. The number of carbonyl (C=O) groups excluding carboxylic acids is 1. The second-order valence-corrected chi connectivity index (χ2v) is 8.27. The number of aryl methyl sites for hydroxylation is 3. The van der Waals surface area contributed by atoms with Gasteiger partial charge in [-0.3, -0.25) is 14.2 Å². The first-order valence-electron chi connectivity index (χ1n) is 10.7. The second-order valence-electron chi connectivity index (χ2n) is 8.27. The molecular formula is C25H24F3N5O. The molecule has 0 aliphatic carbocycles. The summed E-state index contributed by atoms with van der Waals surface area (Å²) in [6, 6.07) is 16.1. The third-order valence-corrected chi connectivity index (χ3v) is 5.43. The number of benzene rings is 2. The molecule has 0 spiro atoms. The molecule has 0 unspecified atom stereocenters. The van der Waals surface area contributed by atoms with E-state index in [-0.39, 0.29) is 12.5 Å². The number of anilines is 1. The van der Waals surface area contributed by atoms with Crippen LogP contribution in [0.3, 0.4) is 0 Å². The van der Waals surface area contributed by atoms with Crippen LogP contribution in [0.4, 0.5) is 19.0 Å². The Morgan fingerprint density at radius 1 is 0.853 bits per heavy atom. The van der Waals surface area contributed by atoms with Crippen LogP contribution in [0, 0.1) is 20.8 Å². The Balaban J connectivity index is 1.46. The molecule has 2 heterocycles. The van der Waals surface area contributed by atoms with Crippen LogP contribution in [0.1, 0.15) is 44.1 Å². The Morgan fingerprint density at radius 3 is 2.12 bits per heavy atom. The quantitative estimate of drug-likeness (QED) is 0.415. The van der Waals surface area contributed by atoms with Crippen molar-refractivity contribution >= 4 is 11.7 Å². The summed E-state index contributed by atoms with van der Waals surface area (Å²) in [5, 5.41) is 11.6. The largest absolute Gasteiger partial charge is 0.416 e. The molecule has 0 radical (unpaired) electrons. The van der Waals surface area contributed by atoms with Gasteiger partial charge in [-0.1, -0.05) is 24.3 Å². The maximum Gasteiger partial charge on any atom is 0.416 e. The van der Waals surface area contributed by atoms with Crippen LogP contribution < -0.4 is 5.32 Å². The molecule has 0 fully saturated rings. The fourth-order valence-corrected chi connectivity index (χ4v) is 3.76. The van der Waals surface area contributed by atoms with Crippen molar-refractivity contribution in [3.63, 3.8) is 0 Å². The van der Waals surface area contributed by atoms with Gasteiger partial charge in [0.25, 0.3) is 5.91 Å². The Morgan fingerprint density at radius 2 is 1.47 bits per heavy atom. The molecule has 9 heteroatoms. The molecule has 0 aliphatic heterocycles. The summed E-state index contributed by atoms with van der Waals surface area (Å²) in [5.41, 5.74) is 3.86. The zero-order valence-electron chi connectivity index (χ0n) is 19.0. The van der Waals surface area contributed by atoms with Crippen molar-refractivity contribution in [2.24, 2.45) is 0 Å². The van der Waals surface area contributed by atoms with E-state index in [4.69, 9.17) is 0 Å². The molecule has 4 rings (SSSR count). The van der Waals surface area contributed by atoms with Crippen molar-refractivity contribution in [1.29, 1.82) is 0 Å². The van der Waals surface area contributed by atoms with Crippen LogP contribution in [0.25, 0.3) is 0 Å². The van der Waals surface area contributed by atoms with E-state index in [9.17, 15) is 18.0 Å². The SMILES string of the molecule is Cc1cc(C)n(Cc2cccc(C(=O)Nc3cc(C)n(Cc4cccc(C(F)(F)F)c4)n3)c2)n1. The molecule has 1 N–H and O–H groups in total. The maximum atomic E-state index is 13.0. The summed E-state index contributed by atoms with van der Waals surface area (Å²) in [6.45, 7) is 6.40. The first-order valence-corrected chi connectivity index (χ1v) is 10.7. The van der Waals surface area contributed by atoms with Gasteiger partial charge in [0.2, 0.25) is 0 Å². The van der Waals surface area contributed by atoms with E-state index >= 15 is 0 Å². The molecular weight excluding hydrogens is 443 g/mol. The van der Waals surface area contributed by atoms with Crippen LogP contribution in [0.15, 0.2) is 60.7 Å². The number of nitrogens with zero attached hydrogens (tertiary/aromatic N) is 4. The van der Waals surface area contributed by atoms with Gasteiger partial charge in [-0.15, -0.1) is 0 Å². The van der Waals surface area contributed by atoms with Gasteiger partial charge in [0.15, 0.2) is 5.82 Å². The van der Waals surface area contributed by atoms with E-state index < -0.39 is 11.7 Å². The number of carbonyl (C=O) groups is 1. The van der Waals surface area contributed by atoms with Gasteiger partial charge in [0.1, 0.15) is 0 Å². The van der Waals surface area contributed by atoms with E-state index in [1.54, 1.807) is 35.9 Å². The highest BCUT2D eigenvalue weighted by molar-refractivity contribution is 6.03. The van der Waals surface area contributed by atoms with Crippen LogP contribution in [-0.4, -0.2) is 25.5 Å². The normalized spacial score (nSPS) is 11.6. The lowest BCUT2D eigenvalue weighted by Gasteiger charge is -2.09. The molecule has 0 saturated heterocycles. The third-order valence-electron chi connectivity index (χ3n) is 5.43. The van der Waals surface area contributed by atoms with Crippen LogP contribution in [-0.2, 0) is 19.3 Å². The van der Waals surface area contributed by atoms with Crippen molar-refractivity contribution in [1.82, 2.24) is 19.6 Å². The van der Waals surface area contributed by atoms with Gasteiger partial charge in [-0.05, 0) is 62.2 Å². The van der Waals surface area contributed by atoms with E-state index in [1.807, 2.05) is 36.7 Å². The minimum Gasteiger partial charge on any atom is -0.305 e. The third kappa shape index (κ3) is 5.36. The van der Waals surface area contributed by atoms with Gasteiger partial charge < -0.3 is 5.32 Å². The van der Waals surface area contributed by atoms with E-state index in [0.29, 0.717) is 29.2 Å². The predicted octanol–water partition coefficient (Wildman–Crippen LogP) is 5.37. The average molecular weight is 467 g/mol. The zero-order valence-corrected chi connectivity index (χ0v) is 19.0. The average Bonchev–Trinajstić information content (AvgIpc) is 3.27. The Labute approximate surface area is 195 Å². The molecule has 0 saturated carbocycles. The van der Waals surface area contributed by atoms with Gasteiger partial charge in [0, 0.05) is 23.0 Å². The molecule has 2 aromatic heterocycles. The van der Waals surface area contributed by atoms with E-state index in [2.05, 4.69) is 15.5 Å². The Kier molecular flexibility index (Phi) is 6.28. The zero-order chi connectivity index (χ0) is 24.5. The second kappa shape index (κ2) is 9.17. The minimum absolute atomic E-state index is 0.156. The molecule has 4 aromatic rings. The van der Waals surface area contributed by atoms with Gasteiger partial charge in [-0.25, -0.2) is 0 Å². The van der Waals surface area contributed by atoms with E-state index in [0.717, 1.165) is 29.1 Å². The summed E-state index contributed by atoms with van der Waals surface area (Å²) in [6.07, 6.45) is -4.40. The van der Waals surface area contributed by atoms with Gasteiger partial charge in [-0.2, -0.15) is 23.4 Å². The Hall–Kier alpha value is -3.88. The van der Waals surface area contributed by atoms with Crippen molar-refractivity contribution in [3.05, 3.63) is 100.0 Å². The maximum absolute atomic E-state index is 13.0. The number of hydrogen-bond donors (Lipinski definition) is 1. The van der Waals surface area contributed by atoms with E-state index in [1.165, 1.54) is 6.07 Å². The minimum atomic E-state index is -4.40. The van der Waals surface area contributed by atoms with Crippen molar-refractivity contribution in [2.75, 3.05) is 5.32 Å². The molecule has 0 bridgehead atoms. The number of nitrogens with one attached hydrogen (secondary N) is 1. The molecule has 34 heavy (non-hydrogen) atoms. The van der Waals surface area contributed by atoms with Crippen molar-refractivity contribution in [2.45, 2.75) is 40.0 Å². The molecule has 1 amide bonds. The number of hydrogen-bond acceptors (Lipinski definition) is 3. The molecule has 0 atom stereocenters. The molecule has 6 nitrogen and oxygen atoms in total. The first-order chi connectivity index (χ1) is 16.1. The number of amides is 1. The predicted molar refractivity (Wildman–Crippen MR) is 123 cm³/mol. The summed E-state index contributed by atoms with van der Waals surface area (Å²) >= 11 is 0. The highest BCUT2D eigenvalue weighted by atomic mass is 19.4. The lowest BCUT2D eigenvalue weighted by Crippen LogP contribution is -2.14. The fraction of sp³-hybridized carbons (Fsp3) is 0.240. The standard InChI is InChI=1S/C25H24F3N5O/c1-16-10-17(2)32(30-16)14-19-6-4-8-21(12-19)24(34)29-23-11-18(3)33(31-23)15-20-7-5-9-22(13-20)25(26,27)28/h4-13H,14-15H2,1-3H3,(H,29,31,34).